The number of ether oxygens (including phenoxy) is 1. The number of carbonyl (C=O) groups is 1. The van der Waals surface area contributed by atoms with E-state index < -0.39 is 0 Å². The molecule has 0 amide bonds. The first kappa shape index (κ1) is 19.1. The maximum Gasteiger partial charge on any atom is 0.163 e. The lowest BCUT2D eigenvalue weighted by molar-refractivity contribution is -0.119. The number of ketones is 1. The van der Waals surface area contributed by atoms with Crippen molar-refractivity contribution in [3.05, 3.63) is 100 Å². The molecule has 0 saturated carbocycles. The molecular weight excluding hydrogens is 368 g/mol. The van der Waals surface area contributed by atoms with Gasteiger partial charge in [-0.15, -0.1) is 0 Å². The third kappa shape index (κ3) is 3.45. The molecule has 2 heteroatoms. The maximum atomic E-state index is 13.3. The van der Waals surface area contributed by atoms with Gasteiger partial charge < -0.3 is 4.74 Å². The average molecular weight is 397 g/mol. The summed E-state index contributed by atoms with van der Waals surface area (Å²) in [5.74, 6) is 2.18. The molecule has 2 aromatic rings. The van der Waals surface area contributed by atoms with Crippen LogP contribution in [0.5, 0.6) is 0 Å². The Morgan fingerprint density at radius 2 is 1.63 bits per heavy atom. The van der Waals surface area contributed by atoms with Crippen molar-refractivity contribution >= 4 is 11.9 Å². The van der Waals surface area contributed by atoms with Crippen LogP contribution in [0.1, 0.15) is 63.0 Å². The highest BCUT2D eigenvalue weighted by atomic mass is 16.5. The van der Waals surface area contributed by atoms with E-state index in [0.29, 0.717) is 6.42 Å². The molecule has 1 heterocycles. The Morgan fingerprint density at radius 3 is 2.37 bits per heavy atom. The van der Waals surface area contributed by atoms with Gasteiger partial charge in [-0.05, 0) is 53.0 Å². The first-order valence-corrected chi connectivity index (χ1v) is 11.0. The fourth-order valence-electron chi connectivity index (χ4n) is 5.20. The molecule has 2 aromatic carbocycles. The first-order valence-electron chi connectivity index (χ1n) is 11.0. The first-order chi connectivity index (χ1) is 14.5. The Kier molecular flexibility index (Phi) is 4.73. The minimum Gasteiger partial charge on any atom is -0.461 e. The lowest BCUT2D eigenvalue weighted by Gasteiger charge is -2.41. The lowest BCUT2D eigenvalue weighted by atomic mass is 9.68. The summed E-state index contributed by atoms with van der Waals surface area (Å²) in [5.41, 5.74) is 5.77. The summed E-state index contributed by atoms with van der Waals surface area (Å²) in [6.07, 6.45) is 6.74. The van der Waals surface area contributed by atoms with E-state index in [9.17, 15) is 4.79 Å². The van der Waals surface area contributed by atoms with E-state index in [1.165, 1.54) is 22.3 Å². The summed E-state index contributed by atoms with van der Waals surface area (Å²) in [7, 11) is 0. The third-order valence-corrected chi connectivity index (χ3v) is 6.49. The fourth-order valence-corrected chi connectivity index (χ4v) is 5.20. The highest BCUT2D eigenvalue weighted by molar-refractivity contribution is 6.00. The summed E-state index contributed by atoms with van der Waals surface area (Å²) in [6.45, 7) is 4.34. The second kappa shape index (κ2) is 7.43. The smallest absolute Gasteiger partial charge is 0.163 e. The van der Waals surface area contributed by atoms with Gasteiger partial charge in [0.25, 0.3) is 0 Å². The second-order valence-corrected chi connectivity index (χ2v) is 9.51. The maximum absolute atomic E-state index is 13.3. The van der Waals surface area contributed by atoms with Crippen molar-refractivity contribution in [2.45, 2.75) is 51.9 Å². The summed E-state index contributed by atoms with van der Waals surface area (Å²) >= 11 is 0. The number of hydrogen-bond acceptors (Lipinski definition) is 2. The molecule has 1 aliphatic heterocycles. The molecule has 2 nitrogen and oxygen atoms in total. The van der Waals surface area contributed by atoms with Crippen LogP contribution in [0, 0.1) is 5.41 Å². The summed E-state index contributed by atoms with van der Waals surface area (Å²) in [6, 6.07) is 21.0. The van der Waals surface area contributed by atoms with Crippen molar-refractivity contribution in [3.8, 4) is 0 Å². The van der Waals surface area contributed by atoms with Gasteiger partial charge in [-0.25, -0.2) is 0 Å². The average Bonchev–Trinajstić information content (AvgIpc) is 2.73. The van der Waals surface area contributed by atoms with Gasteiger partial charge in [0.1, 0.15) is 11.5 Å². The molecule has 1 unspecified atom stereocenters. The van der Waals surface area contributed by atoms with Crippen LogP contribution in [0.15, 0.2) is 88.9 Å². The molecule has 1 atom stereocenters. The molecule has 152 valence electrons. The summed E-state index contributed by atoms with van der Waals surface area (Å²) in [5, 5.41) is 0. The summed E-state index contributed by atoms with van der Waals surface area (Å²) in [4.78, 5) is 13.3. The Balaban J connectivity index is 1.67. The van der Waals surface area contributed by atoms with Crippen molar-refractivity contribution in [3.63, 3.8) is 0 Å². The highest BCUT2D eigenvalue weighted by Crippen LogP contribution is 2.52. The third-order valence-electron chi connectivity index (χ3n) is 6.49. The zero-order valence-corrected chi connectivity index (χ0v) is 17.8. The van der Waals surface area contributed by atoms with Gasteiger partial charge in [0, 0.05) is 24.3 Å². The van der Waals surface area contributed by atoms with Crippen LogP contribution < -0.4 is 0 Å². The predicted octanol–water partition coefficient (Wildman–Crippen LogP) is 6.97. The molecule has 5 rings (SSSR count). The van der Waals surface area contributed by atoms with E-state index in [1.807, 2.05) is 12.1 Å². The Labute approximate surface area is 179 Å². The monoisotopic (exact) mass is 396 g/mol. The van der Waals surface area contributed by atoms with E-state index in [4.69, 9.17) is 4.74 Å². The van der Waals surface area contributed by atoms with Crippen LogP contribution in [0.2, 0.25) is 0 Å². The van der Waals surface area contributed by atoms with E-state index in [0.717, 1.165) is 42.8 Å². The zero-order valence-electron chi connectivity index (χ0n) is 17.8. The van der Waals surface area contributed by atoms with Crippen molar-refractivity contribution < 1.29 is 9.53 Å². The van der Waals surface area contributed by atoms with Crippen molar-refractivity contribution in [2.24, 2.45) is 5.41 Å². The SMILES string of the molecule is CC1(C)CC(=O)C2=C(C1)OC1=C(CCC/C1=C\c1ccccc1)C2c1ccccc1. The van der Waals surface area contributed by atoms with Gasteiger partial charge >= 0.3 is 0 Å². The fraction of sp³-hybridized carbons (Fsp3) is 0.321. The molecule has 0 bridgehead atoms. The summed E-state index contributed by atoms with van der Waals surface area (Å²) < 4.78 is 6.61. The molecule has 2 aliphatic carbocycles. The van der Waals surface area contributed by atoms with Gasteiger partial charge in [-0.3, -0.25) is 4.79 Å². The lowest BCUT2D eigenvalue weighted by Crippen LogP contribution is -2.33. The van der Waals surface area contributed by atoms with Crippen LogP contribution in [-0.4, -0.2) is 5.78 Å². The predicted molar refractivity (Wildman–Crippen MR) is 121 cm³/mol. The van der Waals surface area contributed by atoms with Crippen molar-refractivity contribution in [2.75, 3.05) is 0 Å². The van der Waals surface area contributed by atoms with Crippen LogP contribution in [-0.2, 0) is 9.53 Å². The molecule has 0 saturated heterocycles. The molecule has 0 fully saturated rings. The number of allylic oxidation sites excluding steroid dienone is 4. The van der Waals surface area contributed by atoms with E-state index >= 15 is 0 Å². The van der Waals surface area contributed by atoms with Gasteiger partial charge in [0.15, 0.2) is 5.78 Å². The van der Waals surface area contributed by atoms with Crippen molar-refractivity contribution in [1.82, 2.24) is 0 Å². The zero-order chi connectivity index (χ0) is 20.7. The van der Waals surface area contributed by atoms with Crippen LogP contribution in [0.25, 0.3) is 6.08 Å². The Morgan fingerprint density at radius 1 is 0.933 bits per heavy atom. The van der Waals surface area contributed by atoms with E-state index in [1.54, 1.807) is 0 Å². The van der Waals surface area contributed by atoms with Crippen LogP contribution in [0.3, 0.4) is 0 Å². The largest absolute Gasteiger partial charge is 0.461 e. The number of hydrogen-bond donors (Lipinski definition) is 0. The molecule has 0 radical (unpaired) electrons. The molecule has 0 aromatic heterocycles. The van der Waals surface area contributed by atoms with Gasteiger partial charge in [-0.2, -0.15) is 0 Å². The standard InChI is InChI=1S/C28H28O2/c1-28(2)17-23(29)26-24(18-28)30-27-21(16-19-10-5-3-6-11-19)14-9-15-22(27)25(26)20-12-7-4-8-13-20/h3-8,10-13,16,25H,9,14-15,17-18H2,1-2H3/b21-16+. The molecule has 30 heavy (non-hydrogen) atoms. The van der Waals surface area contributed by atoms with Crippen molar-refractivity contribution in [1.29, 1.82) is 0 Å². The minimum atomic E-state index is -0.0623. The number of carbonyl (C=O) groups excluding carboxylic acids is 1. The van der Waals surface area contributed by atoms with E-state index in [-0.39, 0.29) is 17.1 Å². The van der Waals surface area contributed by atoms with Gasteiger partial charge in [0.2, 0.25) is 0 Å². The molecule has 3 aliphatic rings. The molecule has 0 N–H and O–H groups in total. The topological polar surface area (TPSA) is 26.3 Å². The van der Waals surface area contributed by atoms with Crippen LogP contribution in [0.4, 0.5) is 0 Å². The Bertz CT molecular complexity index is 1070. The minimum absolute atomic E-state index is 0.0213. The van der Waals surface area contributed by atoms with Crippen LogP contribution >= 0.6 is 0 Å². The highest BCUT2D eigenvalue weighted by Gasteiger charge is 2.43. The molecular formula is C28H28O2. The second-order valence-electron chi connectivity index (χ2n) is 9.51. The number of rotatable bonds is 2. The van der Waals surface area contributed by atoms with Gasteiger partial charge in [-0.1, -0.05) is 74.5 Å². The molecule has 0 spiro atoms. The number of benzene rings is 2. The normalized spacial score (nSPS) is 24.4. The van der Waals surface area contributed by atoms with E-state index in [2.05, 4.69) is 68.5 Å². The Hall–Kier alpha value is -2.87. The van der Waals surface area contributed by atoms with Gasteiger partial charge in [0.05, 0.1) is 0 Å². The number of Topliss-reactive ketones (excluding diaryl/α,β-unsaturated/α-hetero) is 1. The quantitative estimate of drug-likeness (QED) is 0.548.